The van der Waals surface area contributed by atoms with Crippen LogP contribution in [0.2, 0.25) is 0 Å². The smallest absolute Gasteiger partial charge is 0.296 e. The summed E-state index contributed by atoms with van der Waals surface area (Å²) in [6.07, 6.45) is -2.71. The van der Waals surface area contributed by atoms with E-state index in [9.17, 15) is 8.78 Å². The fourth-order valence-corrected chi connectivity index (χ4v) is 2.66. The van der Waals surface area contributed by atoms with Gasteiger partial charge in [0.05, 0.1) is 24.2 Å². The maximum Gasteiger partial charge on any atom is 0.296 e. The van der Waals surface area contributed by atoms with E-state index in [1.807, 2.05) is 4.90 Å². The fraction of sp³-hybridized carbons (Fsp3) is 0.357. The van der Waals surface area contributed by atoms with Crippen molar-refractivity contribution >= 4 is 17.0 Å². The van der Waals surface area contributed by atoms with E-state index >= 15 is 0 Å². The van der Waals surface area contributed by atoms with E-state index in [1.54, 1.807) is 24.3 Å². The molecule has 0 unspecified atom stereocenters. The quantitative estimate of drug-likeness (QED) is 0.798. The standard InChI is InChI=1S/C14H14F2N6O/c15-11(16)12-17-9-3-1-2-4-10(9)22(12)14-18-13(19-20-14)21-5-7-23-8-6-21/h1-4,11H,5-8H2,(H,18,19,20). The molecular weight excluding hydrogens is 306 g/mol. The molecule has 3 aromatic rings. The van der Waals surface area contributed by atoms with E-state index in [0.29, 0.717) is 43.3 Å². The molecule has 1 saturated heterocycles. The summed E-state index contributed by atoms with van der Waals surface area (Å²) in [6, 6.07) is 6.95. The zero-order valence-electron chi connectivity index (χ0n) is 12.1. The Kier molecular flexibility index (Phi) is 3.41. The van der Waals surface area contributed by atoms with Crippen molar-refractivity contribution < 1.29 is 13.5 Å². The van der Waals surface area contributed by atoms with E-state index in [2.05, 4.69) is 20.2 Å². The molecule has 1 aliphatic heterocycles. The van der Waals surface area contributed by atoms with Gasteiger partial charge in [-0.2, -0.15) is 4.98 Å². The van der Waals surface area contributed by atoms with Crippen molar-refractivity contribution in [2.75, 3.05) is 31.2 Å². The largest absolute Gasteiger partial charge is 0.378 e. The molecule has 4 rings (SSSR count). The number of hydrogen-bond donors (Lipinski definition) is 1. The van der Waals surface area contributed by atoms with Gasteiger partial charge in [0.2, 0.25) is 11.9 Å². The Labute approximate surface area is 129 Å². The van der Waals surface area contributed by atoms with Crippen molar-refractivity contribution in [2.45, 2.75) is 6.43 Å². The molecule has 0 bridgehead atoms. The highest BCUT2D eigenvalue weighted by atomic mass is 19.3. The molecule has 2 aromatic heterocycles. The van der Waals surface area contributed by atoms with E-state index in [-0.39, 0.29) is 11.8 Å². The highest BCUT2D eigenvalue weighted by molar-refractivity contribution is 5.77. The van der Waals surface area contributed by atoms with Gasteiger partial charge in [0, 0.05) is 13.1 Å². The van der Waals surface area contributed by atoms with Crippen LogP contribution in [0.5, 0.6) is 0 Å². The summed E-state index contributed by atoms with van der Waals surface area (Å²) in [5, 5.41) is 6.88. The number of aromatic amines is 1. The van der Waals surface area contributed by atoms with Gasteiger partial charge in [0.25, 0.3) is 6.43 Å². The van der Waals surface area contributed by atoms with Crippen LogP contribution < -0.4 is 4.90 Å². The van der Waals surface area contributed by atoms with Crippen LogP contribution in [0.15, 0.2) is 24.3 Å². The second kappa shape index (κ2) is 5.58. The summed E-state index contributed by atoms with van der Waals surface area (Å²) in [7, 11) is 0. The molecule has 23 heavy (non-hydrogen) atoms. The Balaban J connectivity index is 1.79. The van der Waals surface area contributed by atoms with E-state index in [1.165, 1.54) is 4.57 Å². The van der Waals surface area contributed by atoms with Gasteiger partial charge >= 0.3 is 0 Å². The Hall–Kier alpha value is -2.55. The van der Waals surface area contributed by atoms with Crippen LogP contribution in [-0.2, 0) is 4.74 Å². The number of ether oxygens (including phenoxy) is 1. The average molecular weight is 320 g/mol. The molecule has 1 aromatic carbocycles. The molecule has 9 heteroatoms. The molecule has 120 valence electrons. The van der Waals surface area contributed by atoms with Crippen LogP contribution in [-0.4, -0.2) is 51.0 Å². The molecule has 7 nitrogen and oxygen atoms in total. The SMILES string of the molecule is FC(F)c1nc2ccccc2n1-c1nc(N2CCOCC2)n[nH]1. The third-order valence-corrected chi connectivity index (χ3v) is 3.75. The number of nitrogens with one attached hydrogen (secondary N) is 1. The number of para-hydroxylation sites is 2. The number of H-pyrrole nitrogens is 1. The first-order chi connectivity index (χ1) is 11.2. The van der Waals surface area contributed by atoms with Gasteiger partial charge in [-0.3, -0.25) is 4.57 Å². The molecule has 0 aliphatic carbocycles. The summed E-state index contributed by atoms with van der Waals surface area (Å²) in [6.45, 7) is 2.54. The first-order valence-electron chi connectivity index (χ1n) is 7.25. The van der Waals surface area contributed by atoms with Crippen molar-refractivity contribution in [3.63, 3.8) is 0 Å². The third-order valence-electron chi connectivity index (χ3n) is 3.75. The lowest BCUT2D eigenvalue weighted by atomic mass is 10.3. The van der Waals surface area contributed by atoms with Crippen molar-refractivity contribution in [1.29, 1.82) is 0 Å². The van der Waals surface area contributed by atoms with Crippen LogP contribution >= 0.6 is 0 Å². The van der Waals surface area contributed by atoms with Crippen LogP contribution in [0.25, 0.3) is 17.0 Å². The summed E-state index contributed by atoms with van der Waals surface area (Å²) >= 11 is 0. The Morgan fingerprint density at radius 1 is 1.13 bits per heavy atom. The molecule has 1 aliphatic rings. The number of benzene rings is 1. The minimum Gasteiger partial charge on any atom is -0.378 e. The maximum absolute atomic E-state index is 13.3. The van der Waals surface area contributed by atoms with Crippen LogP contribution in [0, 0.1) is 0 Å². The molecular formula is C14H14F2N6O. The number of hydrogen-bond acceptors (Lipinski definition) is 5. The molecule has 0 amide bonds. The summed E-state index contributed by atoms with van der Waals surface area (Å²) in [5.41, 5.74) is 1.06. The molecule has 1 N–H and O–H groups in total. The lowest BCUT2D eigenvalue weighted by Crippen LogP contribution is -2.36. The third kappa shape index (κ3) is 2.42. The van der Waals surface area contributed by atoms with Crippen molar-refractivity contribution in [1.82, 2.24) is 24.7 Å². The van der Waals surface area contributed by atoms with Gasteiger partial charge < -0.3 is 9.64 Å². The first-order valence-corrected chi connectivity index (χ1v) is 7.25. The number of imidazole rings is 1. The highest BCUT2D eigenvalue weighted by Gasteiger charge is 2.23. The second-order valence-electron chi connectivity index (χ2n) is 5.15. The normalized spacial score (nSPS) is 15.7. The average Bonchev–Trinajstić information content (AvgIpc) is 3.20. The Morgan fingerprint density at radius 3 is 2.70 bits per heavy atom. The predicted molar refractivity (Wildman–Crippen MR) is 79.0 cm³/mol. The zero-order valence-corrected chi connectivity index (χ0v) is 12.1. The highest BCUT2D eigenvalue weighted by Crippen LogP contribution is 2.27. The van der Waals surface area contributed by atoms with Crippen molar-refractivity contribution in [3.8, 4) is 5.95 Å². The molecule has 0 radical (unpaired) electrons. The fourth-order valence-electron chi connectivity index (χ4n) is 2.66. The number of aromatic nitrogens is 5. The minimum atomic E-state index is -2.71. The number of nitrogens with zero attached hydrogens (tertiary/aromatic N) is 5. The van der Waals surface area contributed by atoms with Crippen molar-refractivity contribution in [3.05, 3.63) is 30.1 Å². The lowest BCUT2D eigenvalue weighted by molar-refractivity contribution is 0.122. The number of alkyl halides is 2. The van der Waals surface area contributed by atoms with Crippen LogP contribution in [0.4, 0.5) is 14.7 Å². The number of rotatable bonds is 3. The van der Waals surface area contributed by atoms with E-state index in [0.717, 1.165) is 0 Å². The van der Waals surface area contributed by atoms with Gasteiger partial charge in [-0.1, -0.05) is 12.1 Å². The first kappa shape index (κ1) is 14.1. The monoisotopic (exact) mass is 320 g/mol. The van der Waals surface area contributed by atoms with Gasteiger partial charge in [-0.25, -0.2) is 18.9 Å². The van der Waals surface area contributed by atoms with Gasteiger partial charge in [0.15, 0.2) is 5.82 Å². The zero-order chi connectivity index (χ0) is 15.8. The Bertz CT molecular complexity index is 824. The number of halogens is 2. The van der Waals surface area contributed by atoms with Crippen molar-refractivity contribution in [2.24, 2.45) is 0 Å². The van der Waals surface area contributed by atoms with Crippen LogP contribution in [0.1, 0.15) is 12.2 Å². The summed E-state index contributed by atoms with van der Waals surface area (Å²) < 4.78 is 33.3. The summed E-state index contributed by atoms with van der Waals surface area (Å²) in [4.78, 5) is 10.3. The van der Waals surface area contributed by atoms with Gasteiger partial charge in [0.1, 0.15) is 0 Å². The maximum atomic E-state index is 13.3. The minimum absolute atomic E-state index is 0.232. The predicted octanol–water partition coefficient (Wildman–Crippen LogP) is 1.92. The lowest BCUT2D eigenvalue weighted by Gasteiger charge is -2.25. The topological polar surface area (TPSA) is 71.9 Å². The van der Waals surface area contributed by atoms with Gasteiger partial charge in [-0.15, -0.1) is 5.10 Å². The molecule has 0 saturated carbocycles. The molecule has 0 atom stereocenters. The molecule has 1 fully saturated rings. The summed E-state index contributed by atoms with van der Waals surface area (Å²) in [5.74, 6) is 0.354. The van der Waals surface area contributed by atoms with Crippen LogP contribution in [0.3, 0.4) is 0 Å². The second-order valence-corrected chi connectivity index (χ2v) is 5.15. The number of fused-ring (bicyclic) bond motifs is 1. The molecule has 0 spiro atoms. The van der Waals surface area contributed by atoms with E-state index in [4.69, 9.17) is 4.74 Å². The number of anilines is 1. The Morgan fingerprint density at radius 2 is 1.91 bits per heavy atom. The molecule has 3 heterocycles. The van der Waals surface area contributed by atoms with Gasteiger partial charge in [-0.05, 0) is 12.1 Å². The van der Waals surface area contributed by atoms with E-state index < -0.39 is 6.43 Å². The number of morpholine rings is 1.